The van der Waals surface area contributed by atoms with Crippen molar-refractivity contribution in [2.75, 3.05) is 18.5 Å². The number of halogens is 1. The molecule has 0 aliphatic carbocycles. The molecule has 7 nitrogen and oxygen atoms in total. The van der Waals surface area contributed by atoms with Crippen molar-refractivity contribution in [1.82, 2.24) is 4.98 Å². The number of aromatic amines is 1. The third-order valence-electron chi connectivity index (χ3n) is 5.86. The van der Waals surface area contributed by atoms with Crippen LogP contribution < -0.4 is 19.5 Å². The first-order valence-electron chi connectivity index (χ1n) is 11.3. The van der Waals surface area contributed by atoms with Gasteiger partial charge in [-0.25, -0.2) is 4.39 Å². The SMILES string of the molecule is Cc1cc(OCc2cc(C#N)ccc2F)ccc1NC(=O)c1c[nH]cc1-c1ccc2c(c1)OCCO2. The predicted octanol–water partition coefficient (Wildman–Crippen LogP) is 5.60. The van der Waals surface area contributed by atoms with Crippen molar-refractivity contribution in [3.05, 3.63) is 95.1 Å². The average molecular weight is 483 g/mol. The van der Waals surface area contributed by atoms with Crippen molar-refractivity contribution in [2.45, 2.75) is 13.5 Å². The second-order valence-electron chi connectivity index (χ2n) is 8.28. The maximum absolute atomic E-state index is 14.0. The maximum atomic E-state index is 14.0. The molecule has 36 heavy (non-hydrogen) atoms. The van der Waals surface area contributed by atoms with Gasteiger partial charge in [-0.05, 0) is 66.6 Å². The van der Waals surface area contributed by atoms with Crippen molar-refractivity contribution in [3.8, 4) is 34.4 Å². The van der Waals surface area contributed by atoms with Crippen LogP contribution in [-0.4, -0.2) is 24.1 Å². The van der Waals surface area contributed by atoms with Crippen LogP contribution in [0.25, 0.3) is 11.1 Å². The van der Waals surface area contributed by atoms with Crippen LogP contribution in [0.3, 0.4) is 0 Å². The number of rotatable bonds is 6. The summed E-state index contributed by atoms with van der Waals surface area (Å²) in [4.78, 5) is 16.1. The summed E-state index contributed by atoms with van der Waals surface area (Å²) in [6.45, 7) is 2.82. The predicted molar refractivity (Wildman–Crippen MR) is 132 cm³/mol. The van der Waals surface area contributed by atoms with E-state index in [4.69, 9.17) is 19.5 Å². The number of aromatic nitrogens is 1. The van der Waals surface area contributed by atoms with Crippen molar-refractivity contribution in [3.63, 3.8) is 0 Å². The Morgan fingerprint density at radius 1 is 1.08 bits per heavy atom. The van der Waals surface area contributed by atoms with Crippen LogP contribution in [-0.2, 0) is 6.61 Å². The summed E-state index contributed by atoms with van der Waals surface area (Å²) in [6.07, 6.45) is 3.42. The molecule has 8 heteroatoms. The van der Waals surface area contributed by atoms with E-state index in [9.17, 15) is 9.18 Å². The molecule has 1 aromatic heterocycles. The highest BCUT2D eigenvalue weighted by atomic mass is 19.1. The molecular weight excluding hydrogens is 461 g/mol. The van der Waals surface area contributed by atoms with E-state index >= 15 is 0 Å². The molecule has 0 saturated carbocycles. The van der Waals surface area contributed by atoms with E-state index in [0.29, 0.717) is 52.8 Å². The monoisotopic (exact) mass is 483 g/mol. The third kappa shape index (κ3) is 4.72. The molecule has 1 amide bonds. The fraction of sp³-hybridized carbons (Fsp3) is 0.143. The smallest absolute Gasteiger partial charge is 0.257 e. The second kappa shape index (κ2) is 9.84. The number of amides is 1. The van der Waals surface area contributed by atoms with Gasteiger partial charge in [-0.15, -0.1) is 0 Å². The number of ether oxygens (including phenoxy) is 3. The lowest BCUT2D eigenvalue weighted by Crippen LogP contribution is -2.15. The Balaban J connectivity index is 1.29. The third-order valence-corrected chi connectivity index (χ3v) is 5.86. The number of aryl methyl sites for hydroxylation is 1. The zero-order valence-electron chi connectivity index (χ0n) is 19.4. The first-order chi connectivity index (χ1) is 17.5. The molecule has 0 radical (unpaired) electrons. The van der Waals surface area contributed by atoms with Crippen molar-refractivity contribution >= 4 is 11.6 Å². The minimum absolute atomic E-state index is 0.0191. The zero-order valence-corrected chi connectivity index (χ0v) is 19.4. The molecule has 0 saturated heterocycles. The largest absolute Gasteiger partial charge is 0.489 e. The summed E-state index contributed by atoms with van der Waals surface area (Å²) in [6, 6.07) is 16.9. The van der Waals surface area contributed by atoms with E-state index in [0.717, 1.165) is 16.7 Å². The number of anilines is 1. The number of hydrogen-bond acceptors (Lipinski definition) is 5. The average Bonchev–Trinajstić information content (AvgIpc) is 3.39. The van der Waals surface area contributed by atoms with Gasteiger partial charge in [0.1, 0.15) is 31.4 Å². The zero-order chi connectivity index (χ0) is 25.1. The van der Waals surface area contributed by atoms with Crippen LogP contribution >= 0.6 is 0 Å². The molecule has 180 valence electrons. The maximum Gasteiger partial charge on any atom is 0.257 e. The molecule has 2 heterocycles. The molecule has 1 aliphatic rings. The topological polar surface area (TPSA) is 96.4 Å². The first kappa shape index (κ1) is 23.0. The highest BCUT2D eigenvalue weighted by Gasteiger charge is 2.18. The number of carbonyl (C=O) groups is 1. The number of hydrogen-bond donors (Lipinski definition) is 2. The Morgan fingerprint density at radius 2 is 1.92 bits per heavy atom. The second-order valence-corrected chi connectivity index (χ2v) is 8.28. The lowest BCUT2D eigenvalue weighted by atomic mass is 10.0. The number of nitriles is 1. The standard InChI is InChI=1S/C28H22FN3O4/c1-17-10-21(36-16-20-11-18(13-30)2-5-24(20)29)4-6-25(17)32-28(33)23-15-31-14-22(23)19-3-7-26-27(12-19)35-9-8-34-26/h2-7,10-12,14-15,31H,8-9,16H2,1H3,(H,32,33). The molecule has 0 fully saturated rings. The van der Waals surface area contributed by atoms with Crippen LogP contribution in [0.5, 0.6) is 17.2 Å². The molecule has 2 N–H and O–H groups in total. The van der Waals surface area contributed by atoms with Crippen LogP contribution in [0.1, 0.15) is 27.0 Å². The molecule has 0 atom stereocenters. The lowest BCUT2D eigenvalue weighted by Gasteiger charge is -2.19. The van der Waals surface area contributed by atoms with Gasteiger partial charge < -0.3 is 24.5 Å². The van der Waals surface area contributed by atoms with Gasteiger partial charge in [0.25, 0.3) is 5.91 Å². The molecule has 3 aromatic carbocycles. The van der Waals surface area contributed by atoms with Gasteiger partial charge >= 0.3 is 0 Å². The Labute approximate surface area is 207 Å². The van der Waals surface area contributed by atoms with E-state index in [2.05, 4.69) is 10.3 Å². The van der Waals surface area contributed by atoms with Gasteiger partial charge in [0.2, 0.25) is 0 Å². The van der Waals surface area contributed by atoms with Crippen molar-refractivity contribution in [2.24, 2.45) is 0 Å². The number of H-pyrrole nitrogens is 1. The van der Waals surface area contributed by atoms with Gasteiger partial charge in [0.05, 0.1) is 17.2 Å². The van der Waals surface area contributed by atoms with Gasteiger partial charge in [0.15, 0.2) is 11.5 Å². The van der Waals surface area contributed by atoms with Crippen LogP contribution in [0.15, 0.2) is 67.0 Å². The Bertz CT molecular complexity index is 1490. The van der Waals surface area contributed by atoms with Gasteiger partial charge in [-0.3, -0.25) is 4.79 Å². The molecule has 5 rings (SSSR count). The molecule has 1 aliphatic heterocycles. The fourth-order valence-corrected chi connectivity index (χ4v) is 3.97. The molecule has 0 spiro atoms. The van der Waals surface area contributed by atoms with Crippen LogP contribution in [0.4, 0.5) is 10.1 Å². The van der Waals surface area contributed by atoms with Crippen LogP contribution in [0.2, 0.25) is 0 Å². The van der Waals surface area contributed by atoms with E-state index in [1.165, 1.54) is 18.2 Å². The van der Waals surface area contributed by atoms with E-state index in [-0.39, 0.29) is 12.5 Å². The summed E-state index contributed by atoms with van der Waals surface area (Å²) in [5.74, 6) is 1.15. The molecule has 0 unspecified atom stereocenters. The highest BCUT2D eigenvalue weighted by molar-refractivity contribution is 6.09. The fourth-order valence-electron chi connectivity index (χ4n) is 3.97. The highest BCUT2D eigenvalue weighted by Crippen LogP contribution is 2.36. The quantitative estimate of drug-likeness (QED) is 0.372. The summed E-state index contributed by atoms with van der Waals surface area (Å²) < 4.78 is 31.0. The van der Waals surface area contributed by atoms with E-state index in [1.807, 2.05) is 31.2 Å². The van der Waals surface area contributed by atoms with Gasteiger partial charge in [0, 0.05) is 29.2 Å². The number of fused-ring (bicyclic) bond motifs is 1. The van der Waals surface area contributed by atoms with Gasteiger partial charge in [-0.1, -0.05) is 6.07 Å². The number of benzene rings is 3. The Hall–Kier alpha value is -4.77. The number of carbonyl (C=O) groups excluding carboxylic acids is 1. The minimum atomic E-state index is -0.435. The summed E-state index contributed by atoms with van der Waals surface area (Å²) in [5, 5.41) is 12.0. The minimum Gasteiger partial charge on any atom is -0.489 e. The summed E-state index contributed by atoms with van der Waals surface area (Å²) in [5.41, 5.74) is 4.12. The van der Waals surface area contributed by atoms with Crippen molar-refractivity contribution in [1.29, 1.82) is 5.26 Å². The molecule has 0 bridgehead atoms. The van der Waals surface area contributed by atoms with Crippen LogP contribution in [0, 0.1) is 24.1 Å². The molecule has 4 aromatic rings. The van der Waals surface area contributed by atoms with E-state index < -0.39 is 5.82 Å². The number of nitrogens with zero attached hydrogens (tertiary/aromatic N) is 1. The first-order valence-corrected chi connectivity index (χ1v) is 11.3. The van der Waals surface area contributed by atoms with E-state index in [1.54, 1.807) is 30.6 Å². The summed E-state index contributed by atoms with van der Waals surface area (Å²) >= 11 is 0. The Kier molecular flexibility index (Phi) is 6.29. The van der Waals surface area contributed by atoms with Crippen molar-refractivity contribution < 1.29 is 23.4 Å². The number of nitrogens with one attached hydrogen (secondary N) is 2. The normalized spacial score (nSPS) is 12.0. The lowest BCUT2D eigenvalue weighted by molar-refractivity contribution is 0.102. The van der Waals surface area contributed by atoms with Gasteiger partial charge in [-0.2, -0.15) is 5.26 Å². The summed E-state index contributed by atoms with van der Waals surface area (Å²) in [7, 11) is 0. The molecular formula is C28H22FN3O4. The Morgan fingerprint density at radius 3 is 2.72 bits per heavy atom.